The molecule has 1 aromatic heterocycles. The highest BCUT2D eigenvalue weighted by molar-refractivity contribution is 7.99. The number of para-hydroxylation sites is 1. The van der Waals surface area contributed by atoms with Gasteiger partial charge in [0, 0.05) is 43.1 Å². The Labute approximate surface area is 123 Å². The highest BCUT2D eigenvalue weighted by atomic mass is 32.2. The molecule has 2 heterocycles. The second-order valence-corrected chi connectivity index (χ2v) is 6.05. The molecule has 0 unspecified atom stereocenters. The Balaban J connectivity index is 1.67. The van der Waals surface area contributed by atoms with Crippen LogP contribution in [0.4, 0.5) is 11.8 Å². The van der Waals surface area contributed by atoms with E-state index in [0.29, 0.717) is 5.95 Å². The number of nitrogens with zero attached hydrogens (tertiary/aromatic N) is 3. The zero-order chi connectivity index (χ0) is 13.8. The van der Waals surface area contributed by atoms with E-state index in [9.17, 15) is 0 Å². The highest BCUT2D eigenvalue weighted by Gasteiger charge is 2.10. The summed E-state index contributed by atoms with van der Waals surface area (Å²) < 4.78 is 0. The van der Waals surface area contributed by atoms with E-state index >= 15 is 0 Å². The van der Waals surface area contributed by atoms with Gasteiger partial charge in [-0.15, -0.1) is 0 Å². The van der Waals surface area contributed by atoms with Crippen LogP contribution in [0.5, 0.6) is 0 Å². The molecule has 1 saturated heterocycles. The summed E-state index contributed by atoms with van der Waals surface area (Å²) in [4.78, 5) is 11.0. The van der Waals surface area contributed by atoms with Crippen LogP contribution >= 0.6 is 11.8 Å². The molecule has 0 amide bonds. The molecule has 1 aromatic carbocycles. The molecular weight excluding hydrogens is 270 g/mol. The maximum absolute atomic E-state index is 5.76. The fraction of sp³-hybridized carbons (Fsp3) is 0.429. The Morgan fingerprint density at radius 2 is 2.00 bits per heavy atom. The monoisotopic (exact) mass is 289 g/mol. The van der Waals surface area contributed by atoms with Gasteiger partial charge >= 0.3 is 0 Å². The summed E-state index contributed by atoms with van der Waals surface area (Å²) in [7, 11) is 0. The summed E-state index contributed by atoms with van der Waals surface area (Å²) in [6.45, 7) is 4.28. The van der Waals surface area contributed by atoms with Crippen molar-refractivity contribution in [1.82, 2.24) is 14.9 Å². The molecule has 3 rings (SSSR count). The molecular formula is C14H19N5S. The van der Waals surface area contributed by atoms with E-state index < -0.39 is 0 Å². The van der Waals surface area contributed by atoms with E-state index in [4.69, 9.17) is 5.73 Å². The molecule has 20 heavy (non-hydrogen) atoms. The molecule has 6 heteroatoms. The molecule has 0 atom stereocenters. The van der Waals surface area contributed by atoms with Crippen LogP contribution in [0.1, 0.15) is 0 Å². The minimum absolute atomic E-state index is 0.320. The van der Waals surface area contributed by atoms with Crippen molar-refractivity contribution in [2.75, 3.05) is 48.7 Å². The Kier molecular flexibility index (Phi) is 4.22. The Morgan fingerprint density at radius 1 is 1.20 bits per heavy atom. The van der Waals surface area contributed by atoms with Gasteiger partial charge in [-0.1, -0.05) is 12.1 Å². The molecule has 0 aliphatic carbocycles. The lowest BCUT2D eigenvalue weighted by atomic mass is 10.2. The molecule has 1 aliphatic rings. The van der Waals surface area contributed by atoms with Crippen molar-refractivity contribution in [3.8, 4) is 0 Å². The van der Waals surface area contributed by atoms with Gasteiger partial charge in [0.15, 0.2) is 0 Å². The van der Waals surface area contributed by atoms with Crippen LogP contribution < -0.4 is 11.1 Å². The summed E-state index contributed by atoms with van der Waals surface area (Å²) in [5.74, 6) is 3.63. The van der Waals surface area contributed by atoms with Crippen molar-refractivity contribution in [2.45, 2.75) is 0 Å². The van der Waals surface area contributed by atoms with Gasteiger partial charge in [-0.25, -0.2) is 4.98 Å². The highest BCUT2D eigenvalue weighted by Crippen LogP contribution is 2.20. The SMILES string of the molecule is Nc1nc(NCCN2CCSCC2)c2ccccc2n1. The van der Waals surface area contributed by atoms with E-state index in [1.807, 2.05) is 36.0 Å². The number of hydrogen-bond donors (Lipinski definition) is 2. The minimum Gasteiger partial charge on any atom is -0.368 e. The van der Waals surface area contributed by atoms with Crippen LogP contribution in [0, 0.1) is 0 Å². The summed E-state index contributed by atoms with van der Waals surface area (Å²) in [6, 6.07) is 7.94. The van der Waals surface area contributed by atoms with Crippen molar-refractivity contribution in [2.24, 2.45) is 0 Å². The van der Waals surface area contributed by atoms with Crippen molar-refractivity contribution >= 4 is 34.4 Å². The maximum Gasteiger partial charge on any atom is 0.222 e. The molecule has 1 aliphatic heterocycles. The van der Waals surface area contributed by atoms with Crippen LogP contribution in [0.15, 0.2) is 24.3 Å². The van der Waals surface area contributed by atoms with E-state index in [0.717, 1.165) is 29.8 Å². The first-order chi connectivity index (χ1) is 9.83. The second-order valence-electron chi connectivity index (χ2n) is 4.83. The summed E-state index contributed by atoms with van der Waals surface area (Å²) >= 11 is 2.03. The van der Waals surface area contributed by atoms with E-state index in [1.165, 1.54) is 24.6 Å². The Bertz CT molecular complexity index is 583. The minimum atomic E-state index is 0.320. The van der Waals surface area contributed by atoms with Gasteiger partial charge in [-0.3, -0.25) is 4.90 Å². The zero-order valence-corrected chi connectivity index (χ0v) is 12.2. The normalized spacial score (nSPS) is 16.4. The molecule has 0 radical (unpaired) electrons. The smallest absolute Gasteiger partial charge is 0.222 e. The molecule has 5 nitrogen and oxygen atoms in total. The molecule has 3 N–H and O–H groups in total. The number of nitrogen functional groups attached to an aromatic ring is 1. The first kappa shape index (κ1) is 13.5. The van der Waals surface area contributed by atoms with Gasteiger partial charge in [0.05, 0.1) is 5.52 Å². The van der Waals surface area contributed by atoms with Gasteiger partial charge in [0.25, 0.3) is 0 Å². The predicted octanol–water partition coefficient (Wildman–Crippen LogP) is 1.67. The van der Waals surface area contributed by atoms with Crippen molar-refractivity contribution in [3.05, 3.63) is 24.3 Å². The second kappa shape index (κ2) is 6.28. The first-order valence-corrected chi connectivity index (χ1v) is 8.04. The molecule has 0 saturated carbocycles. The number of benzene rings is 1. The Hall–Kier alpha value is -1.53. The van der Waals surface area contributed by atoms with Gasteiger partial charge < -0.3 is 11.1 Å². The number of thioether (sulfide) groups is 1. The summed E-state index contributed by atoms with van der Waals surface area (Å²) in [5.41, 5.74) is 6.65. The lowest BCUT2D eigenvalue weighted by Gasteiger charge is -2.26. The number of hydrogen-bond acceptors (Lipinski definition) is 6. The number of nitrogens with two attached hydrogens (primary N) is 1. The van der Waals surface area contributed by atoms with E-state index in [1.54, 1.807) is 0 Å². The quantitative estimate of drug-likeness (QED) is 0.892. The van der Waals surface area contributed by atoms with Gasteiger partial charge in [0.2, 0.25) is 5.95 Å². The third-order valence-corrected chi connectivity index (χ3v) is 4.39. The predicted molar refractivity (Wildman–Crippen MR) is 86.2 cm³/mol. The number of fused-ring (bicyclic) bond motifs is 1. The number of rotatable bonds is 4. The van der Waals surface area contributed by atoms with Crippen LogP contribution in [0.25, 0.3) is 10.9 Å². The van der Waals surface area contributed by atoms with Gasteiger partial charge in [-0.05, 0) is 12.1 Å². The van der Waals surface area contributed by atoms with Crippen LogP contribution in [0.2, 0.25) is 0 Å². The molecule has 0 spiro atoms. The standard InChI is InChI=1S/C14H19N5S/c15-14-17-12-4-2-1-3-11(12)13(18-14)16-5-6-19-7-9-20-10-8-19/h1-4H,5-10H2,(H3,15,16,17,18). The van der Waals surface area contributed by atoms with E-state index in [-0.39, 0.29) is 0 Å². The lowest BCUT2D eigenvalue weighted by molar-refractivity contribution is 0.314. The fourth-order valence-electron chi connectivity index (χ4n) is 2.39. The zero-order valence-electron chi connectivity index (χ0n) is 11.4. The van der Waals surface area contributed by atoms with Crippen LogP contribution in [-0.2, 0) is 0 Å². The van der Waals surface area contributed by atoms with Gasteiger partial charge in [-0.2, -0.15) is 16.7 Å². The molecule has 1 fully saturated rings. The van der Waals surface area contributed by atoms with Crippen molar-refractivity contribution < 1.29 is 0 Å². The average Bonchev–Trinajstić information content (AvgIpc) is 2.48. The lowest BCUT2D eigenvalue weighted by Crippen LogP contribution is -2.36. The number of aromatic nitrogens is 2. The number of nitrogens with one attached hydrogen (secondary N) is 1. The fourth-order valence-corrected chi connectivity index (χ4v) is 3.37. The summed E-state index contributed by atoms with van der Waals surface area (Å²) in [6.07, 6.45) is 0. The van der Waals surface area contributed by atoms with Crippen LogP contribution in [-0.4, -0.2) is 52.6 Å². The molecule has 2 aromatic rings. The largest absolute Gasteiger partial charge is 0.368 e. The third kappa shape index (κ3) is 3.13. The topological polar surface area (TPSA) is 67.1 Å². The van der Waals surface area contributed by atoms with E-state index in [2.05, 4.69) is 20.2 Å². The molecule has 0 bridgehead atoms. The third-order valence-electron chi connectivity index (χ3n) is 3.44. The average molecular weight is 289 g/mol. The summed E-state index contributed by atoms with van der Waals surface area (Å²) in [5, 5.41) is 4.42. The molecule has 106 valence electrons. The van der Waals surface area contributed by atoms with Crippen molar-refractivity contribution in [1.29, 1.82) is 0 Å². The Morgan fingerprint density at radius 3 is 2.85 bits per heavy atom. The van der Waals surface area contributed by atoms with Crippen LogP contribution in [0.3, 0.4) is 0 Å². The maximum atomic E-state index is 5.76. The van der Waals surface area contributed by atoms with Crippen molar-refractivity contribution in [3.63, 3.8) is 0 Å². The first-order valence-electron chi connectivity index (χ1n) is 6.89. The number of anilines is 2. The van der Waals surface area contributed by atoms with Gasteiger partial charge in [0.1, 0.15) is 5.82 Å².